The van der Waals surface area contributed by atoms with Crippen LogP contribution in [0.15, 0.2) is 28.8 Å². The largest absolute Gasteiger partial charge is 0.494 e. The van der Waals surface area contributed by atoms with Gasteiger partial charge in [0.15, 0.2) is 11.6 Å². The maximum Gasteiger partial charge on any atom is 0.315 e. The predicted molar refractivity (Wildman–Crippen MR) is 78.0 cm³/mol. The van der Waals surface area contributed by atoms with Crippen LogP contribution in [0.5, 0.6) is 5.75 Å². The number of benzene rings is 1. The molecule has 0 fully saturated rings. The summed E-state index contributed by atoms with van der Waals surface area (Å²) in [5.41, 5.74) is 1.38. The Balaban J connectivity index is 1.90. The highest BCUT2D eigenvalue weighted by Crippen LogP contribution is 2.22. The number of carbonyl (C=O) groups is 1. The second kappa shape index (κ2) is 6.93. The Morgan fingerprint density at radius 1 is 1.45 bits per heavy atom. The summed E-state index contributed by atoms with van der Waals surface area (Å²) in [7, 11) is 1.40. The lowest BCUT2D eigenvalue weighted by molar-refractivity contribution is 0.237. The highest BCUT2D eigenvalue weighted by Gasteiger charge is 2.12. The smallest absolute Gasteiger partial charge is 0.315 e. The van der Waals surface area contributed by atoms with Gasteiger partial charge >= 0.3 is 6.03 Å². The number of aromatic nitrogens is 1. The lowest BCUT2D eigenvalue weighted by Gasteiger charge is -2.15. The predicted octanol–water partition coefficient (Wildman–Crippen LogP) is 2.69. The molecule has 0 aliphatic carbocycles. The van der Waals surface area contributed by atoms with E-state index < -0.39 is 5.82 Å². The number of carbonyl (C=O) groups excluding carboxylic acids is 1. The molecule has 0 aliphatic heterocycles. The third-order valence-electron chi connectivity index (χ3n) is 3.13. The van der Waals surface area contributed by atoms with E-state index in [4.69, 9.17) is 9.26 Å². The summed E-state index contributed by atoms with van der Waals surface area (Å²) in [6, 6.07) is 5.56. The first-order valence-electron chi connectivity index (χ1n) is 6.79. The number of ether oxygens (including phenoxy) is 1. The third-order valence-corrected chi connectivity index (χ3v) is 3.13. The van der Waals surface area contributed by atoms with Crippen LogP contribution in [-0.2, 0) is 6.54 Å². The highest BCUT2D eigenvalue weighted by molar-refractivity contribution is 5.74. The van der Waals surface area contributed by atoms with Crippen molar-refractivity contribution in [2.24, 2.45) is 0 Å². The first kappa shape index (κ1) is 15.8. The molecule has 0 saturated carbocycles. The molecule has 2 aromatic rings. The van der Waals surface area contributed by atoms with Gasteiger partial charge in [-0.05, 0) is 31.5 Å². The Bertz CT molecular complexity index is 657. The molecule has 6 nitrogen and oxygen atoms in total. The molecular weight excluding hydrogens is 289 g/mol. The molecule has 22 heavy (non-hydrogen) atoms. The molecule has 2 N–H and O–H groups in total. The number of rotatable bonds is 5. The van der Waals surface area contributed by atoms with Crippen molar-refractivity contribution in [1.82, 2.24) is 15.8 Å². The molecule has 0 unspecified atom stereocenters. The van der Waals surface area contributed by atoms with Crippen LogP contribution in [0.25, 0.3) is 0 Å². The zero-order valence-corrected chi connectivity index (χ0v) is 12.6. The number of amides is 2. The van der Waals surface area contributed by atoms with Gasteiger partial charge in [-0.25, -0.2) is 9.18 Å². The van der Waals surface area contributed by atoms with E-state index in [1.54, 1.807) is 32.0 Å². The minimum absolute atomic E-state index is 0.143. The second-order valence-electron chi connectivity index (χ2n) is 4.87. The summed E-state index contributed by atoms with van der Waals surface area (Å²) in [5, 5.41) is 9.21. The van der Waals surface area contributed by atoms with E-state index in [2.05, 4.69) is 15.8 Å². The summed E-state index contributed by atoms with van der Waals surface area (Å²) in [6.45, 7) is 3.84. The van der Waals surface area contributed by atoms with Crippen molar-refractivity contribution in [3.05, 3.63) is 47.1 Å². The average Bonchev–Trinajstić information content (AvgIpc) is 2.91. The SMILES string of the molecule is COc1cc([C@@H](C)NC(=O)NCc2cc(C)on2)ccc1F. The van der Waals surface area contributed by atoms with Gasteiger partial charge in [-0.1, -0.05) is 11.2 Å². The molecule has 0 spiro atoms. The van der Waals surface area contributed by atoms with Gasteiger partial charge in [0.1, 0.15) is 11.5 Å². The lowest BCUT2D eigenvalue weighted by Crippen LogP contribution is -2.36. The van der Waals surface area contributed by atoms with E-state index in [9.17, 15) is 9.18 Å². The van der Waals surface area contributed by atoms with Crippen molar-refractivity contribution in [3.63, 3.8) is 0 Å². The Morgan fingerprint density at radius 2 is 2.23 bits per heavy atom. The van der Waals surface area contributed by atoms with Crippen molar-refractivity contribution in [3.8, 4) is 5.75 Å². The summed E-state index contributed by atoms with van der Waals surface area (Å²) in [4.78, 5) is 11.8. The number of hydrogen-bond acceptors (Lipinski definition) is 4. The molecular formula is C15H18FN3O3. The summed E-state index contributed by atoms with van der Waals surface area (Å²) in [6.07, 6.45) is 0. The summed E-state index contributed by atoms with van der Waals surface area (Å²) >= 11 is 0. The molecule has 1 aromatic carbocycles. The minimum Gasteiger partial charge on any atom is -0.494 e. The summed E-state index contributed by atoms with van der Waals surface area (Å²) < 4.78 is 23.2. The van der Waals surface area contributed by atoms with Crippen LogP contribution >= 0.6 is 0 Å². The average molecular weight is 307 g/mol. The zero-order valence-electron chi connectivity index (χ0n) is 12.6. The van der Waals surface area contributed by atoms with Gasteiger partial charge in [0.05, 0.1) is 19.7 Å². The van der Waals surface area contributed by atoms with Crippen molar-refractivity contribution in [1.29, 1.82) is 0 Å². The molecule has 118 valence electrons. The first-order chi connectivity index (χ1) is 10.5. The fraction of sp³-hybridized carbons (Fsp3) is 0.333. The standard InChI is InChI=1S/C15H18FN3O3/c1-9-6-12(19-22-9)8-17-15(20)18-10(2)11-4-5-13(16)14(7-11)21-3/h4-7,10H,8H2,1-3H3,(H2,17,18,20)/t10-/m1/s1. The van der Waals surface area contributed by atoms with Crippen LogP contribution in [0, 0.1) is 12.7 Å². The van der Waals surface area contributed by atoms with Gasteiger partial charge in [-0.3, -0.25) is 0 Å². The molecule has 0 radical (unpaired) electrons. The molecule has 0 aliphatic rings. The Hall–Kier alpha value is -2.57. The van der Waals surface area contributed by atoms with Gasteiger partial charge in [-0.15, -0.1) is 0 Å². The Morgan fingerprint density at radius 3 is 2.86 bits per heavy atom. The fourth-order valence-electron chi connectivity index (χ4n) is 1.95. The van der Waals surface area contributed by atoms with Gasteiger partial charge in [0.2, 0.25) is 0 Å². The van der Waals surface area contributed by atoms with E-state index >= 15 is 0 Å². The molecule has 1 heterocycles. The number of halogens is 1. The lowest BCUT2D eigenvalue weighted by atomic mass is 10.1. The quantitative estimate of drug-likeness (QED) is 0.890. The highest BCUT2D eigenvalue weighted by atomic mass is 19.1. The number of methoxy groups -OCH3 is 1. The van der Waals surface area contributed by atoms with Gasteiger partial charge < -0.3 is 19.9 Å². The Labute approximate surface area is 127 Å². The first-order valence-corrected chi connectivity index (χ1v) is 6.79. The van der Waals surface area contributed by atoms with Crippen LogP contribution in [0.2, 0.25) is 0 Å². The van der Waals surface area contributed by atoms with Crippen LogP contribution in [0.4, 0.5) is 9.18 Å². The van der Waals surface area contributed by atoms with Crippen LogP contribution in [-0.4, -0.2) is 18.3 Å². The second-order valence-corrected chi connectivity index (χ2v) is 4.87. The number of urea groups is 1. The van der Waals surface area contributed by atoms with Gasteiger partial charge in [0.25, 0.3) is 0 Å². The van der Waals surface area contributed by atoms with Crippen molar-refractivity contribution in [2.75, 3.05) is 7.11 Å². The minimum atomic E-state index is -0.440. The molecule has 2 rings (SSSR count). The molecule has 0 saturated heterocycles. The fourth-order valence-corrected chi connectivity index (χ4v) is 1.95. The van der Waals surface area contributed by atoms with E-state index in [-0.39, 0.29) is 24.4 Å². The van der Waals surface area contributed by atoms with E-state index in [1.807, 2.05) is 0 Å². The monoisotopic (exact) mass is 307 g/mol. The molecule has 1 aromatic heterocycles. The molecule has 1 atom stereocenters. The molecule has 7 heteroatoms. The zero-order chi connectivity index (χ0) is 16.1. The van der Waals surface area contributed by atoms with E-state index in [0.717, 1.165) is 5.56 Å². The number of nitrogens with zero attached hydrogens (tertiary/aromatic N) is 1. The third kappa shape index (κ3) is 3.97. The van der Waals surface area contributed by atoms with Gasteiger partial charge in [-0.2, -0.15) is 0 Å². The van der Waals surface area contributed by atoms with E-state index in [1.165, 1.54) is 13.2 Å². The Kier molecular flexibility index (Phi) is 4.98. The summed E-state index contributed by atoms with van der Waals surface area (Å²) in [5.74, 6) is 0.387. The molecule has 2 amide bonds. The van der Waals surface area contributed by atoms with Crippen LogP contribution in [0.3, 0.4) is 0 Å². The van der Waals surface area contributed by atoms with Crippen molar-refractivity contribution < 1.29 is 18.4 Å². The van der Waals surface area contributed by atoms with Crippen LogP contribution < -0.4 is 15.4 Å². The maximum atomic E-state index is 13.4. The van der Waals surface area contributed by atoms with Crippen LogP contribution in [0.1, 0.15) is 30.0 Å². The number of nitrogens with one attached hydrogen (secondary N) is 2. The molecule has 0 bridgehead atoms. The number of hydrogen-bond donors (Lipinski definition) is 2. The van der Waals surface area contributed by atoms with Gasteiger partial charge in [0, 0.05) is 6.07 Å². The van der Waals surface area contributed by atoms with E-state index in [0.29, 0.717) is 11.5 Å². The van der Waals surface area contributed by atoms with Crippen molar-refractivity contribution >= 4 is 6.03 Å². The maximum absolute atomic E-state index is 13.4. The van der Waals surface area contributed by atoms with Crippen molar-refractivity contribution in [2.45, 2.75) is 26.4 Å². The number of aryl methyl sites for hydroxylation is 1. The topological polar surface area (TPSA) is 76.4 Å². The normalized spacial score (nSPS) is 11.8.